The highest BCUT2D eigenvalue weighted by Crippen LogP contribution is 2.32. The molecule has 0 saturated heterocycles. The van der Waals surface area contributed by atoms with Crippen LogP contribution in [0.4, 0.5) is 34.9 Å². The van der Waals surface area contributed by atoms with Crippen molar-refractivity contribution in [1.29, 1.82) is 0 Å². The molecular formula is C32H29F4N7. The molecule has 43 heavy (non-hydrogen) atoms. The normalized spacial score (nSPS) is 14.5. The van der Waals surface area contributed by atoms with E-state index in [0.717, 1.165) is 29.5 Å². The molecule has 3 heterocycles. The molecule has 5 rings (SSSR count). The largest absolute Gasteiger partial charge is 0.416 e. The van der Waals surface area contributed by atoms with Gasteiger partial charge in [-0.25, -0.2) is 19.8 Å². The molecule has 11 heteroatoms. The van der Waals surface area contributed by atoms with Crippen molar-refractivity contribution in [3.05, 3.63) is 131 Å². The number of anilines is 3. The van der Waals surface area contributed by atoms with E-state index in [1.54, 1.807) is 31.2 Å². The summed E-state index contributed by atoms with van der Waals surface area (Å²) in [7, 11) is 0. The van der Waals surface area contributed by atoms with Crippen LogP contribution in [0.25, 0.3) is 0 Å². The molecule has 0 saturated carbocycles. The molecule has 0 spiro atoms. The quantitative estimate of drug-likeness (QED) is 0.129. The zero-order valence-corrected chi connectivity index (χ0v) is 23.6. The second kappa shape index (κ2) is 14.1. The van der Waals surface area contributed by atoms with Crippen molar-refractivity contribution in [3.8, 4) is 0 Å². The van der Waals surface area contributed by atoms with E-state index < -0.39 is 17.6 Å². The van der Waals surface area contributed by atoms with Gasteiger partial charge in [0.25, 0.3) is 0 Å². The molecule has 1 aliphatic rings. The van der Waals surface area contributed by atoms with Crippen molar-refractivity contribution in [1.82, 2.24) is 15.0 Å². The van der Waals surface area contributed by atoms with Crippen LogP contribution in [-0.2, 0) is 6.18 Å². The van der Waals surface area contributed by atoms with Gasteiger partial charge in [-0.3, -0.25) is 9.98 Å². The summed E-state index contributed by atoms with van der Waals surface area (Å²) >= 11 is 0. The maximum absolute atomic E-state index is 14.7. The van der Waals surface area contributed by atoms with Gasteiger partial charge in [0.15, 0.2) is 5.82 Å². The lowest BCUT2D eigenvalue weighted by atomic mass is 10.1. The highest BCUT2D eigenvalue weighted by molar-refractivity contribution is 6.08. The number of aliphatic imine (C=N–C) groups is 1. The molecule has 0 bridgehead atoms. The van der Waals surface area contributed by atoms with Gasteiger partial charge in [-0.15, -0.1) is 0 Å². The predicted molar refractivity (Wildman–Crippen MR) is 162 cm³/mol. The minimum atomic E-state index is -4.44. The van der Waals surface area contributed by atoms with E-state index >= 15 is 0 Å². The van der Waals surface area contributed by atoms with E-state index in [2.05, 4.69) is 35.8 Å². The van der Waals surface area contributed by atoms with Gasteiger partial charge in [0.1, 0.15) is 5.69 Å². The van der Waals surface area contributed by atoms with Crippen molar-refractivity contribution in [2.75, 3.05) is 10.7 Å². The number of alkyl halides is 3. The third kappa shape index (κ3) is 8.19. The number of hydrazone groups is 1. The van der Waals surface area contributed by atoms with E-state index in [9.17, 15) is 17.6 Å². The second-order valence-corrected chi connectivity index (χ2v) is 9.00. The monoisotopic (exact) mass is 587 g/mol. The van der Waals surface area contributed by atoms with E-state index in [4.69, 9.17) is 0 Å². The van der Waals surface area contributed by atoms with Crippen LogP contribution in [0.15, 0.2) is 107 Å². The van der Waals surface area contributed by atoms with Gasteiger partial charge in [-0.1, -0.05) is 68.5 Å². The number of benzene rings is 2. The molecule has 1 aliphatic heterocycles. The van der Waals surface area contributed by atoms with Gasteiger partial charge in [0, 0.05) is 5.69 Å². The number of nitrogens with zero attached hydrogens (tertiary/aromatic N) is 5. The molecule has 0 radical (unpaired) electrons. The Hall–Kier alpha value is -5.19. The number of nitrogens with one attached hydrogen (secondary N) is 2. The molecule has 2 aromatic carbocycles. The zero-order chi connectivity index (χ0) is 30.8. The van der Waals surface area contributed by atoms with Crippen LogP contribution in [0.3, 0.4) is 0 Å². The Bertz CT molecular complexity index is 1660. The molecule has 4 aromatic rings. The van der Waals surface area contributed by atoms with Gasteiger partial charge in [0.05, 0.1) is 47.3 Å². The summed E-state index contributed by atoms with van der Waals surface area (Å²) in [6, 6.07) is 16.0. The Morgan fingerprint density at radius 2 is 1.72 bits per heavy atom. The number of halogens is 4. The van der Waals surface area contributed by atoms with Crippen LogP contribution in [0, 0.1) is 12.7 Å². The van der Waals surface area contributed by atoms with Gasteiger partial charge in [0.2, 0.25) is 5.95 Å². The highest BCUT2D eigenvalue weighted by atomic mass is 19.4. The second-order valence-electron chi connectivity index (χ2n) is 9.00. The Balaban J connectivity index is 0.00000207. The smallest absolute Gasteiger partial charge is 0.354 e. The standard InChI is InChI=1S/C30H23F4N7.C2H6/c1-19-14-23(35-18-27(19)38-22-11-7-10-21(15-22)30(32,33)34)16-37-41-29-36-17-24(31)28(40-29)26-13-6-5-12-25(39-26)20-8-3-2-4-9-20;1-2/h2-18,25,38H,1H3,(H,36,40,41);1-2H3/b37-16+;. The molecule has 0 amide bonds. The summed E-state index contributed by atoms with van der Waals surface area (Å²) in [4.78, 5) is 17.2. The van der Waals surface area contributed by atoms with Crippen molar-refractivity contribution in [2.45, 2.75) is 33.0 Å². The van der Waals surface area contributed by atoms with Gasteiger partial charge >= 0.3 is 6.18 Å². The van der Waals surface area contributed by atoms with Crippen molar-refractivity contribution < 1.29 is 17.6 Å². The predicted octanol–water partition coefficient (Wildman–Crippen LogP) is 8.21. The fourth-order valence-electron chi connectivity index (χ4n) is 3.99. The summed E-state index contributed by atoms with van der Waals surface area (Å²) in [5.74, 6) is -0.570. The van der Waals surface area contributed by atoms with E-state index in [0.29, 0.717) is 17.1 Å². The number of hydrogen-bond donors (Lipinski definition) is 2. The molecule has 0 aliphatic carbocycles. The average molecular weight is 588 g/mol. The van der Waals surface area contributed by atoms with Gasteiger partial charge in [-0.2, -0.15) is 18.3 Å². The number of allylic oxidation sites excluding steroid dienone is 3. The fourth-order valence-corrected chi connectivity index (χ4v) is 3.99. The molecule has 2 N–H and O–H groups in total. The number of rotatable bonds is 7. The number of pyridine rings is 1. The lowest BCUT2D eigenvalue weighted by molar-refractivity contribution is -0.137. The first-order chi connectivity index (χ1) is 20.8. The van der Waals surface area contributed by atoms with Gasteiger partial charge in [-0.05, 0) is 48.4 Å². The van der Waals surface area contributed by atoms with E-state index in [1.165, 1.54) is 18.5 Å². The molecule has 1 unspecified atom stereocenters. The first kappa shape index (κ1) is 30.8. The Morgan fingerprint density at radius 1 is 0.930 bits per heavy atom. The lowest BCUT2D eigenvalue weighted by Crippen LogP contribution is -2.09. The summed E-state index contributed by atoms with van der Waals surface area (Å²) in [5, 5.41) is 7.06. The van der Waals surface area contributed by atoms with Crippen molar-refractivity contribution in [3.63, 3.8) is 0 Å². The average Bonchev–Trinajstić information content (AvgIpc) is 3.27. The van der Waals surface area contributed by atoms with Gasteiger partial charge < -0.3 is 5.32 Å². The van der Waals surface area contributed by atoms with E-state index in [-0.39, 0.29) is 23.4 Å². The molecular weight excluding hydrogens is 558 g/mol. The first-order valence-electron chi connectivity index (χ1n) is 13.5. The van der Waals surface area contributed by atoms with Crippen LogP contribution in [-0.4, -0.2) is 26.9 Å². The third-order valence-electron chi connectivity index (χ3n) is 6.03. The summed E-state index contributed by atoms with van der Waals surface area (Å²) < 4.78 is 53.8. The van der Waals surface area contributed by atoms with Crippen LogP contribution < -0.4 is 10.7 Å². The molecule has 220 valence electrons. The van der Waals surface area contributed by atoms with E-state index in [1.807, 2.05) is 56.3 Å². The highest BCUT2D eigenvalue weighted by Gasteiger charge is 2.30. The minimum absolute atomic E-state index is 0.0255. The van der Waals surface area contributed by atoms with Crippen molar-refractivity contribution in [2.24, 2.45) is 10.1 Å². The summed E-state index contributed by atoms with van der Waals surface area (Å²) in [6.07, 6.45) is 6.75. The van der Waals surface area contributed by atoms with Crippen LogP contribution >= 0.6 is 0 Å². The Labute approximate surface area is 246 Å². The van der Waals surface area contributed by atoms with Crippen LogP contribution in [0.2, 0.25) is 0 Å². The zero-order valence-electron chi connectivity index (χ0n) is 23.6. The SMILES string of the molecule is CC.Cc1cc(/C=N/Nc2ncc(F)c(C3=NC(c4ccccc4)C=CC=C3)n2)ncc1Nc1cccc(C(F)(F)F)c1. The Kier molecular flexibility index (Phi) is 10.1. The molecule has 0 fully saturated rings. The van der Waals surface area contributed by atoms with Crippen LogP contribution in [0.1, 0.15) is 48.0 Å². The number of hydrogen-bond acceptors (Lipinski definition) is 7. The number of aryl methyl sites for hydroxylation is 1. The minimum Gasteiger partial charge on any atom is -0.354 e. The summed E-state index contributed by atoms with van der Waals surface area (Å²) in [5.41, 5.74) is 5.31. The maximum Gasteiger partial charge on any atom is 0.416 e. The topological polar surface area (TPSA) is 87.5 Å². The lowest BCUT2D eigenvalue weighted by Gasteiger charge is -2.12. The molecule has 7 nitrogen and oxygen atoms in total. The van der Waals surface area contributed by atoms with Crippen molar-refractivity contribution >= 4 is 29.2 Å². The number of aromatic nitrogens is 3. The first-order valence-corrected chi connectivity index (χ1v) is 13.5. The Morgan fingerprint density at radius 3 is 2.47 bits per heavy atom. The molecule has 1 atom stereocenters. The fraction of sp³-hybridized carbons (Fsp3) is 0.156. The summed E-state index contributed by atoms with van der Waals surface area (Å²) in [6.45, 7) is 5.79. The maximum atomic E-state index is 14.7. The molecule has 2 aromatic heterocycles. The van der Waals surface area contributed by atoms with Crippen LogP contribution in [0.5, 0.6) is 0 Å². The third-order valence-corrected chi connectivity index (χ3v) is 6.03.